The summed E-state index contributed by atoms with van der Waals surface area (Å²) in [5, 5.41) is 5.09. The smallest absolute Gasteiger partial charge is 0.238 e. The van der Waals surface area contributed by atoms with Gasteiger partial charge in [-0.1, -0.05) is 0 Å². The minimum absolute atomic E-state index is 0.0585. The maximum absolute atomic E-state index is 11.5. The molecule has 1 saturated heterocycles. The van der Waals surface area contributed by atoms with Gasteiger partial charge in [-0.2, -0.15) is 0 Å². The molecule has 1 aromatic rings. The molecule has 2 rings (SSSR count). The summed E-state index contributed by atoms with van der Waals surface area (Å²) in [6, 6.07) is 4.09. The van der Waals surface area contributed by atoms with Crippen LogP contribution in [-0.2, 0) is 19.9 Å². The molecule has 1 fully saturated rings. The summed E-state index contributed by atoms with van der Waals surface area (Å²) in [7, 11) is -5.15. The number of sulfonamides is 1. The average molecular weight is 319 g/mol. The fraction of sp³-hybridized carbons (Fsp3) is 0.455. The normalized spacial score (nSPS) is 21.8. The molecule has 1 heterocycles. The molecule has 1 aliphatic rings. The maximum Gasteiger partial charge on any atom is 0.238 e. The number of sulfone groups is 1. The lowest BCUT2D eigenvalue weighted by Gasteiger charge is -2.26. The third-order valence-corrected chi connectivity index (χ3v) is 6.05. The molecule has 0 spiro atoms. The summed E-state index contributed by atoms with van der Waals surface area (Å²) in [5.74, 6) is 0.204. The van der Waals surface area contributed by atoms with Gasteiger partial charge in [-0.15, -0.1) is 0 Å². The van der Waals surface area contributed by atoms with E-state index >= 15 is 0 Å². The average Bonchev–Trinajstić information content (AvgIpc) is 2.67. The first-order valence-corrected chi connectivity index (χ1v) is 9.32. The molecule has 9 heteroatoms. The van der Waals surface area contributed by atoms with Crippen LogP contribution in [0.1, 0.15) is 6.42 Å². The molecule has 20 heavy (non-hydrogen) atoms. The van der Waals surface area contributed by atoms with Gasteiger partial charge in [0.25, 0.3) is 0 Å². The van der Waals surface area contributed by atoms with Crippen molar-refractivity contribution in [3.8, 4) is 0 Å². The summed E-state index contributed by atoms with van der Waals surface area (Å²) in [6.07, 6.45) is 0.512. The summed E-state index contributed by atoms with van der Waals surface area (Å²) in [6.45, 7) is 0. The van der Waals surface area contributed by atoms with Gasteiger partial charge in [0, 0.05) is 24.5 Å². The standard InChI is InChI=1S/C11H17N3O4S2/c1-14(9-2-3-19(15,16)7-9)10-4-8(12)5-11(6-10)20(13,17)18/h4-6,9H,2-3,7,12H2,1H3,(H2,13,17,18). The largest absolute Gasteiger partial charge is 0.399 e. The van der Waals surface area contributed by atoms with E-state index in [9.17, 15) is 16.8 Å². The van der Waals surface area contributed by atoms with Gasteiger partial charge < -0.3 is 10.6 Å². The van der Waals surface area contributed by atoms with Crippen LogP contribution in [0.3, 0.4) is 0 Å². The number of nitrogens with two attached hydrogens (primary N) is 2. The molecular formula is C11H17N3O4S2. The first-order valence-electron chi connectivity index (χ1n) is 5.95. The van der Waals surface area contributed by atoms with Gasteiger partial charge in [-0.05, 0) is 24.6 Å². The van der Waals surface area contributed by atoms with Crippen molar-refractivity contribution in [1.29, 1.82) is 0 Å². The second kappa shape index (κ2) is 4.90. The minimum Gasteiger partial charge on any atom is -0.399 e. The third kappa shape index (κ3) is 3.22. The van der Waals surface area contributed by atoms with E-state index in [-0.39, 0.29) is 28.1 Å². The van der Waals surface area contributed by atoms with Crippen LogP contribution in [0.4, 0.5) is 11.4 Å². The van der Waals surface area contributed by atoms with Crippen LogP contribution in [0.5, 0.6) is 0 Å². The van der Waals surface area contributed by atoms with Gasteiger partial charge in [-0.25, -0.2) is 22.0 Å². The third-order valence-electron chi connectivity index (χ3n) is 3.41. The van der Waals surface area contributed by atoms with Crippen molar-refractivity contribution in [2.45, 2.75) is 17.4 Å². The number of primary sulfonamides is 1. The Bertz CT molecular complexity index is 728. The second-order valence-corrected chi connectivity index (χ2v) is 8.76. The zero-order valence-electron chi connectivity index (χ0n) is 11.0. The first-order chi connectivity index (χ1) is 9.08. The topological polar surface area (TPSA) is 124 Å². The Balaban J connectivity index is 2.36. The number of nitrogens with zero attached hydrogens (tertiary/aromatic N) is 1. The van der Waals surface area contributed by atoms with Crippen molar-refractivity contribution in [2.75, 3.05) is 29.2 Å². The van der Waals surface area contributed by atoms with Crippen molar-refractivity contribution in [2.24, 2.45) is 5.14 Å². The molecule has 0 saturated carbocycles. The van der Waals surface area contributed by atoms with E-state index in [1.54, 1.807) is 18.0 Å². The molecule has 0 aliphatic carbocycles. The monoisotopic (exact) mass is 319 g/mol. The van der Waals surface area contributed by atoms with E-state index in [4.69, 9.17) is 10.9 Å². The Morgan fingerprint density at radius 2 is 1.95 bits per heavy atom. The lowest BCUT2D eigenvalue weighted by molar-refractivity contribution is 0.596. The second-order valence-electron chi connectivity index (χ2n) is 4.97. The Labute approximate surface area is 118 Å². The fourth-order valence-electron chi connectivity index (χ4n) is 2.27. The molecule has 0 bridgehead atoms. The van der Waals surface area contributed by atoms with E-state index in [0.717, 1.165) is 0 Å². The minimum atomic E-state index is -3.85. The lowest BCUT2D eigenvalue weighted by Crippen LogP contribution is -2.32. The lowest BCUT2D eigenvalue weighted by atomic mass is 10.2. The number of hydrogen-bond acceptors (Lipinski definition) is 6. The Morgan fingerprint density at radius 1 is 1.30 bits per heavy atom. The number of rotatable bonds is 3. The van der Waals surface area contributed by atoms with Crippen molar-refractivity contribution < 1.29 is 16.8 Å². The molecule has 0 amide bonds. The molecule has 1 aromatic carbocycles. The molecule has 1 atom stereocenters. The SMILES string of the molecule is CN(c1cc(N)cc(S(N)(=O)=O)c1)C1CCS(=O)(=O)C1. The highest BCUT2D eigenvalue weighted by Crippen LogP contribution is 2.27. The van der Waals surface area contributed by atoms with E-state index in [0.29, 0.717) is 12.1 Å². The van der Waals surface area contributed by atoms with Crippen LogP contribution in [0, 0.1) is 0 Å². The predicted molar refractivity (Wildman–Crippen MR) is 77.7 cm³/mol. The molecular weight excluding hydrogens is 302 g/mol. The Hall–Kier alpha value is -1.32. The van der Waals surface area contributed by atoms with Gasteiger partial charge >= 0.3 is 0 Å². The zero-order chi connectivity index (χ0) is 15.1. The van der Waals surface area contributed by atoms with E-state index in [2.05, 4.69) is 0 Å². The predicted octanol–water partition coefficient (Wildman–Crippen LogP) is -0.460. The van der Waals surface area contributed by atoms with Crippen molar-refractivity contribution in [3.05, 3.63) is 18.2 Å². The van der Waals surface area contributed by atoms with E-state index in [1.165, 1.54) is 12.1 Å². The number of benzene rings is 1. The van der Waals surface area contributed by atoms with Crippen LogP contribution in [0.25, 0.3) is 0 Å². The summed E-state index contributed by atoms with van der Waals surface area (Å²) >= 11 is 0. The quantitative estimate of drug-likeness (QED) is 0.727. The van der Waals surface area contributed by atoms with Crippen molar-refractivity contribution >= 4 is 31.2 Å². The molecule has 0 radical (unpaired) electrons. The van der Waals surface area contributed by atoms with Crippen LogP contribution >= 0.6 is 0 Å². The van der Waals surface area contributed by atoms with Crippen LogP contribution in [0.2, 0.25) is 0 Å². The van der Waals surface area contributed by atoms with E-state index in [1.807, 2.05) is 0 Å². The van der Waals surface area contributed by atoms with Gasteiger partial charge in [0.2, 0.25) is 10.0 Å². The summed E-state index contributed by atoms with van der Waals surface area (Å²) < 4.78 is 45.8. The van der Waals surface area contributed by atoms with Crippen LogP contribution in [-0.4, -0.2) is 41.4 Å². The van der Waals surface area contributed by atoms with Gasteiger partial charge in [0.05, 0.1) is 16.4 Å². The summed E-state index contributed by atoms with van der Waals surface area (Å²) in [5.41, 5.74) is 6.48. The first kappa shape index (κ1) is 15.1. The van der Waals surface area contributed by atoms with Gasteiger partial charge in [-0.3, -0.25) is 0 Å². The maximum atomic E-state index is 11.5. The van der Waals surface area contributed by atoms with Crippen molar-refractivity contribution in [3.63, 3.8) is 0 Å². The fourth-order valence-corrected chi connectivity index (χ4v) is 4.63. The molecule has 4 N–H and O–H groups in total. The molecule has 7 nitrogen and oxygen atoms in total. The highest BCUT2D eigenvalue weighted by molar-refractivity contribution is 7.91. The molecule has 1 unspecified atom stereocenters. The number of anilines is 2. The van der Waals surface area contributed by atoms with Gasteiger partial charge in [0.1, 0.15) is 0 Å². The van der Waals surface area contributed by atoms with Crippen molar-refractivity contribution in [1.82, 2.24) is 0 Å². The molecule has 112 valence electrons. The number of nitrogen functional groups attached to an aromatic ring is 1. The highest BCUT2D eigenvalue weighted by atomic mass is 32.2. The van der Waals surface area contributed by atoms with Crippen LogP contribution < -0.4 is 15.8 Å². The van der Waals surface area contributed by atoms with E-state index < -0.39 is 19.9 Å². The highest BCUT2D eigenvalue weighted by Gasteiger charge is 2.31. The Kier molecular flexibility index (Phi) is 3.69. The van der Waals surface area contributed by atoms with Crippen LogP contribution in [0.15, 0.2) is 23.1 Å². The summed E-state index contributed by atoms with van der Waals surface area (Å²) in [4.78, 5) is 1.65. The van der Waals surface area contributed by atoms with Gasteiger partial charge in [0.15, 0.2) is 9.84 Å². The Morgan fingerprint density at radius 3 is 2.45 bits per heavy atom. The zero-order valence-corrected chi connectivity index (χ0v) is 12.6. The molecule has 0 aromatic heterocycles. The number of hydrogen-bond donors (Lipinski definition) is 2. The molecule has 1 aliphatic heterocycles.